The summed E-state index contributed by atoms with van der Waals surface area (Å²) in [6.45, 7) is -0.133. The molecule has 0 fully saturated rings. The fourth-order valence-electron chi connectivity index (χ4n) is 0.943. The summed E-state index contributed by atoms with van der Waals surface area (Å²) in [7, 11) is 0. The van der Waals surface area contributed by atoms with Crippen LogP contribution in [0.25, 0.3) is 5.57 Å². The van der Waals surface area contributed by atoms with Crippen LogP contribution in [-0.2, 0) is 0 Å². The molecule has 0 saturated heterocycles. The summed E-state index contributed by atoms with van der Waals surface area (Å²) in [5.74, 6) is 0. The van der Waals surface area contributed by atoms with E-state index in [-0.39, 0.29) is 24.5 Å². The third kappa shape index (κ3) is 3.13. The summed E-state index contributed by atoms with van der Waals surface area (Å²) >= 11 is 0. The Morgan fingerprint density at radius 2 is 1.69 bits per heavy atom. The molecule has 0 atom stereocenters. The first kappa shape index (κ1) is 12.1. The molecule has 0 amide bonds. The Hall–Kier alpha value is -0.930. The van der Waals surface area contributed by atoms with E-state index in [1.165, 1.54) is 0 Å². The molecule has 0 spiro atoms. The summed E-state index contributed by atoms with van der Waals surface area (Å²) in [4.78, 5) is 0. The first-order valence-corrected chi connectivity index (χ1v) is 3.55. The molecule has 0 unspecified atom stereocenters. The summed E-state index contributed by atoms with van der Waals surface area (Å²) in [5.41, 5.74) is 5.57. The highest BCUT2D eigenvalue weighted by atomic mass is 35.5. The van der Waals surface area contributed by atoms with E-state index in [9.17, 15) is 8.78 Å². The Morgan fingerprint density at radius 3 is 2.08 bits per heavy atom. The van der Waals surface area contributed by atoms with E-state index in [2.05, 4.69) is 0 Å². The van der Waals surface area contributed by atoms with Crippen molar-refractivity contribution < 1.29 is 8.78 Å². The zero-order valence-corrected chi connectivity index (χ0v) is 7.65. The smallest absolute Gasteiger partial charge is 0.275 e. The van der Waals surface area contributed by atoms with Crippen molar-refractivity contribution in [3.05, 3.63) is 42.0 Å². The minimum Gasteiger partial charge on any atom is -0.326 e. The molecule has 72 valence electrons. The van der Waals surface area contributed by atoms with Crippen molar-refractivity contribution in [2.45, 2.75) is 0 Å². The Labute approximate surface area is 81.7 Å². The van der Waals surface area contributed by atoms with Crippen LogP contribution in [0.4, 0.5) is 8.78 Å². The molecule has 1 nitrogen and oxygen atoms in total. The van der Waals surface area contributed by atoms with Gasteiger partial charge in [-0.2, -0.15) is 8.78 Å². The van der Waals surface area contributed by atoms with Crippen molar-refractivity contribution in [1.29, 1.82) is 0 Å². The second kappa shape index (κ2) is 5.67. The van der Waals surface area contributed by atoms with Crippen molar-refractivity contribution in [1.82, 2.24) is 0 Å². The molecule has 0 aromatic heterocycles. The van der Waals surface area contributed by atoms with Crippen LogP contribution in [-0.4, -0.2) is 6.54 Å². The summed E-state index contributed by atoms with van der Waals surface area (Å²) < 4.78 is 24.4. The van der Waals surface area contributed by atoms with Crippen LogP contribution in [0, 0.1) is 0 Å². The van der Waals surface area contributed by atoms with Crippen LogP contribution in [0.2, 0.25) is 0 Å². The van der Waals surface area contributed by atoms with Crippen LogP contribution in [0.5, 0.6) is 0 Å². The van der Waals surface area contributed by atoms with E-state index in [0.717, 1.165) is 0 Å². The molecule has 0 saturated carbocycles. The van der Waals surface area contributed by atoms with Gasteiger partial charge in [0, 0.05) is 12.1 Å². The maximum Gasteiger partial charge on any atom is 0.275 e. The zero-order chi connectivity index (χ0) is 8.97. The molecule has 1 aromatic carbocycles. The van der Waals surface area contributed by atoms with Crippen molar-refractivity contribution in [2.75, 3.05) is 6.54 Å². The molecule has 0 aliphatic heterocycles. The molecule has 1 aromatic rings. The zero-order valence-electron chi connectivity index (χ0n) is 6.84. The molecular formula is C9H10ClF2N. The fourth-order valence-corrected chi connectivity index (χ4v) is 0.943. The molecule has 4 heteroatoms. The van der Waals surface area contributed by atoms with E-state index in [1.54, 1.807) is 30.3 Å². The number of halogens is 3. The minimum absolute atomic E-state index is 0. The van der Waals surface area contributed by atoms with Gasteiger partial charge in [-0.1, -0.05) is 30.3 Å². The number of hydrogen-bond donors (Lipinski definition) is 1. The quantitative estimate of drug-likeness (QED) is 0.790. The monoisotopic (exact) mass is 205 g/mol. The van der Waals surface area contributed by atoms with Gasteiger partial charge in [0.25, 0.3) is 6.08 Å². The fraction of sp³-hybridized carbons (Fsp3) is 0.111. The third-order valence-corrected chi connectivity index (χ3v) is 1.55. The highest BCUT2D eigenvalue weighted by molar-refractivity contribution is 5.85. The van der Waals surface area contributed by atoms with E-state index in [4.69, 9.17) is 5.73 Å². The Morgan fingerprint density at radius 1 is 1.15 bits per heavy atom. The third-order valence-electron chi connectivity index (χ3n) is 1.55. The van der Waals surface area contributed by atoms with Crippen molar-refractivity contribution >= 4 is 18.0 Å². The molecular weight excluding hydrogens is 196 g/mol. The topological polar surface area (TPSA) is 26.0 Å². The average Bonchev–Trinajstić information content (AvgIpc) is 2.07. The predicted octanol–water partition coefficient (Wildman–Crippen LogP) is 2.67. The lowest BCUT2D eigenvalue weighted by Crippen LogP contribution is -2.02. The average molecular weight is 206 g/mol. The van der Waals surface area contributed by atoms with E-state index in [0.29, 0.717) is 5.56 Å². The normalized spacial score (nSPS) is 8.85. The van der Waals surface area contributed by atoms with Crippen LogP contribution < -0.4 is 5.73 Å². The second-order valence-corrected chi connectivity index (χ2v) is 2.31. The lowest BCUT2D eigenvalue weighted by atomic mass is 10.1. The molecule has 0 aliphatic rings. The lowest BCUT2D eigenvalue weighted by Gasteiger charge is -2.01. The van der Waals surface area contributed by atoms with Gasteiger partial charge >= 0.3 is 0 Å². The molecule has 13 heavy (non-hydrogen) atoms. The maximum atomic E-state index is 12.2. The number of rotatable bonds is 2. The Balaban J connectivity index is 0.00000144. The van der Waals surface area contributed by atoms with Gasteiger partial charge in [-0.15, -0.1) is 12.4 Å². The summed E-state index contributed by atoms with van der Waals surface area (Å²) in [6, 6.07) is 8.40. The van der Waals surface area contributed by atoms with Gasteiger partial charge in [-0.25, -0.2) is 0 Å². The molecule has 2 N–H and O–H groups in total. The van der Waals surface area contributed by atoms with Gasteiger partial charge in [0.15, 0.2) is 0 Å². The van der Waals surface area contributed by atoms with E-state index >= 15 is 0 Å². The predicted molar refractivity (Wildman–Crippen MR) is 51.9 cm³/mol. The number of nitrogens with two attached hydrogens (primary N) is 1. The van der Waals surface area contributed by atoms with E-state index in [1.807, 2.05) is 0 Å². The minimum atomic E-state index is -1.70. The van der Waals surface area contributed by atoms with Crippen LogP contribution in [0.1, 0.15) is 5.56 Å². The lowest BCUT2D eigenvalue weighted by molar-refractivity contribution is 0.424. The Kier molecular flexibility index (Phi) is 5.26. The standard InChI is InChI=1S/C9H9F2N.ClH/c10-9(11)8(6-12)7-4-2-1-3-5-7;/h1-5H,6,12H2;1H. The molecule has 0 aliphatic carbocycles. The first-order chi connectivity index (χ1) is 5.75. The molecule has 0 heterocycles. The Bertz CT molecular complexity index is 281. The number of benzene rings is 1. The largest absolute Gasteiger partial charge is 0.326 e. The molecule has 0 radical (unpaired) electrons. The number of hydrogen-bond acceptors (Lipinski definition) is 1. The van der Waals surface area contributed by atoms with E-state index < -0.39 is 6.08 Å². The highest BCUT2D eigenvalue weighted by Gasteiger charge is 2.05. The van der Waals surface area contributed by atoms with Gasteiger partial charge in [0.05, 0.1) is 0 Å². The maximum absolute atomic E-state index is 12.2. The van der Waals surface area contributed by atoms with Crippen molar-refractivity contribution in [2.24, 2.45) is 5.73 Å². The second-order valence-electron chi connectivity index (χ2n) is 2.31. The molecule has 1 rings (SSSR count). The summed E-state index contributed by atoms with van der Waals surface area (Å²) in [6.07, 6.45) is -1.70. The van der Waals surface area contributed by atoms with Crippen molar-refractivity contribution in [3.8, 4) is 0 Å². The van der Waals surface area contributed by atoms with Crippen LogP contribution in [0.15, 0.2) is 36.4 Å². The summed E-state index contributed by atoms with van der Waals surface area (Å²) in [5, 5.41) is 0. The van der Waals surface area contributed by atoms with Gasteiger partial charge < -0.3 is 5.73 Å². The SMILES string of the molecule is Cl.NCC(=C(F)F)c1ccccc1. The van der Waals surface area contributed by atoms with Crippen LogP contribution in [0.3, 0.4) is 0 Å². The van der Waals surface area contributed by atoms with Crippen LogP contribution >= 0.6 is 12.4 Å². The van der Waals surface area contributed by atoms with Gasteiger partial charge in [-0.3, -0.25) is 0 Å². The molecule has 0 bridgehead atoms. The van der Waals surface area contributed by atoms with Gasteiger partial charge in [-0.05, 0) is 5.56 Å². The first-order valence-electron chi connectivity index (χ1n) is 3.55. The highest BCUT2D eigenvalue weighted by Crippen LogP contribution is 2.18. The van der Waals surface area contributed by atoms with Gasteiger partial charge in [0.2, 0.25) is 0 Å². The van der Waals surface area contributed by atoms with Crippen molar-refractivity contribution in [3.63, 3.8) is 0 Å². The van der Waals surface area contributed by atoms with Gasteiger partial charge in [0.1, 0.15) is 0 Å².